The Balaban J connectivity index is 2.04. The lowest BCUT2D eigenvalue weighted by molar-refractivity contribution is 0.0901. The van der Waals surface area contributed by atoms with Gasteiger partial charge in [0.1, 0.15) is 17.2 Å². The molecular formula is C25H28FN5O3S. The van der Waals surface area contributed by atoms with Crippen molar-refractivity contribution in [3.05, 3.63) is 71.2 Å². The third-order valence-corrected chi connectivity index (χ3v) is 6.95. The Bertz CT molecular complexity index is 1370. The number of benzene rings is 2. The smallest absolute Gasteiger partial charge is 0.271 e. The van der Waals surface area contributed by atoms with Gasteiger partial charge >= 0.3 is 0 Å². The fourth-order valence-electron chi connectivity index (χ4n) is 3.26. The second-order valence-electron chi connectivity index (χ2n) is 9.43. The molecule has 8 nitrogen and oxygen atoms in total. The summed E-state index contributed by atoms with van der Waals surface area (Å²) in [6, 6.07) is 13.4. The minimum atomic E-state index is -3.99. The van der Waals surface area contributed by atoms with E-state index in [1.807, 2.05) is 33.8 Å². The summed E-state index contributed by atoms with van der Waals surface area (Å²) < 4.78 is 43.6. The number of nitrogens with zero attached hydrogens (tertiary/aromatic N) is 3. The molecule has 0 radical (unpaired) electrons. The van der Waals surface area contributed by atoms with Gasteiger partial charge in [0.05, 0.1) is 17.4 Å². The van der Waals surface area contributed by atoms with Crippen molar-refractivity contribution in [2.45, 2.75) is 39.5 Å². The first-order valence-corrected chi connectivity index (χ1v) is 12.6. The van der Waals surface area contributed by atoms with Gasteiger partial charge in [-0.3, -0.25) is 14.2 Å². The van der Waals surface area contributed by atoms with Crippen molar-refractivity contribution in [3.8, 4) is 17.3 Å². The molecule has 35 heavy (non-hydrogen) atoms. The molecule has 2 aromatic carbocycles. The highest BCUT2D eigenvalue weighted by Gasteiger charge is 2.29. The number of carbonyl (C=O) groups excluding carboxylic acids is 1. The van der Waals surface area contributed by atoms with E-state index in [-0.39, 0.29) is 34.3 Å². The largest absolute Gasteiger partial charge is 0.348 e. The van der Waals surface area contributed by atoms with Crippen LogP contribution in [0, 0.1) is 22.6 Å². The van der Waals surface area contributed by atoms with Gasteiger partial charge in [0.2, 0.25) is 10.0 Å². The van der Waals surface area contributed by atoms with Gasteiger partial charge in [0.15, 0.2) is 5.69 Å². The number of anilines is 1. The summed E-state index contributed by atoms with van der Waals surface area (Å²) in [7, 11) is -2.44. The number of rotatable bonds is 7. The van der Waals surface area contributed by atoms with E-state index in [2.05, 4.69) is 15.1 Å². The molecule has 0 aliphatic rings. The predicted molar refractivity (Wildman–Crippen MR) is 132 cm³/mol. The number of sulfonamides is 1. The molecule has 0 fully saturated rings. The number of hydrogen-bond acceptors (Lipinski definition) is 5. The van der Waals surface area contributed by atoms with Crippen LogP contribution in [0.5, 0.6) is 0 Å². The number of nitrogens with one attached hydrogen (secondary N) is 2. The molecular weight excluding hydrogens is 469 g/mol. The monoisotopic (exact) mass is 497 g/mol. The maximum absolute atomic E-state index is 13.5. The molecule has 1 atom stereocenters. The average molecular weight is 498 g/mol. The van der Waals surface area contributed by atoms with Crippen molar-refractivity contribution in [2.24, 2.45) is 12.5 Å². The molecule has 1 aromatic heterocycles. The molecule has 1 heterocycles. The average Bonchev–Trinajstić information content (AvgIpc) is 3.08. The van der Waals surface area contributed by atoms with Gasteiger partial charge in [-0.25, -0.2) is 12.8 Å². The standard InChI is InChI=1S/C25H28FN5O3S/c1-16(25(2,3)4)28-24(32)23-22(21(29-31(23)5)19-10-12-20(26)13-11-19)30-35(33,34)15-18-8-6-17(14-27)7-9-18/h6-13,16,30H,15H2,1-5H3,(H,28,32)/t16-/m0/s1. The first kappa shape index (κ1) is 25.9. The van der Waals surface area contributed by atoms with Crippen molar-refractivity contribution in [2.75, 3.05) is 4.72 Å². The fourth-order valence-corrected chi connectivity index (χ4v) is 4.47. The van der Waals surface area contributed by atoms with E-state index in [1.165, 1.54) is 41.1 Å². The van der Waals surface area contributed by atoms with E-state index >= 15 is 0 Å². The van der Waals surface area contributed by atoms with E-state index in [0.29, 0.717) is 16.7 Å². The minimum absolute atomic E-state index is 0.00589. The van der Waals surface area contributed by atoms with Crippen LogP contribution in [-0.4, -0.2) is 30.1 Å². The molecule has 0 bridgehead atoms. The normalized spacial score (nSPS) is 12.6. The zero-order valence-corrected chi connectivity index (χ0v) is 21.1. The van der Waals surface area contributed by atoms with Crippen LogP contribution in [0.25, 0.3) is 11.3 Å². The van der Waals surface area contributed by atoms with Crippen LogP contribution in [0.4, 0.5) is 10.1 Å². The highest BCUT2D eigenvalue weighted by atomic mass is 32.2. The Hall–Kier alpha value is -3.71. The highest BCUT2D eigenvalue weighted by Crippen LogP contribution is 2.32. The summed E-state index contributed by atoms with van der Waals surface area (Å²) in [6.45, 7) is 7.80. The second kappa shape index (κ2) is 9.88. The number of carbonyl (C=O) groups is 1. The quantitative estimate of drug-likeness (QED) is 0.507. The third kappa shape index (κ3) is 6.25. The van der Waals surface area contributed by atoms with E-state index < -0.39 is 21.7 Å². The molecule has 0 unspecified atom stereocenters. The molecule has 3 rings (SSSR count). The van der Waals surface area contributed by atoms with Gasteiger partial charge in [-0.2, -0.15) is 10.4 Å². The summed E-state index contributed by atoms with van der Waals surface area (Å²) in [4.78, 5) is 13.3. The number of amides is 1. The van der Waals surface area contributed by atoms with Gasteiger partial charge in [-0.15, -0.1) is 0 Å². The van der Waals surface area contributed by atoms with Crippen LogP contribution in [-0.2, 0) is 22.8 Å². The maximum atomic E-state index is 13.5. The van der Waals surface area contributed by atoms with E-state index in [4.69, 9.17) is 5.26 Å². The molecule has 184 valence electrons. The summed E-state index contributed by atoms with van der Waals surface area (Å²) in [5.74, 6) is -1.33. The van der Waals surface area contributed by atoms with Crippen molar-refractivity contribution < 1.29 is 17.6 Å². The Morgan fingerprint density at radius 1 is 1.14 bits per heavy atom. The van der Waals surface area contributed by atoms with E-state index in [1.54, 1.807) is 19.2 Å². The van der Waals surface area contributed by atoms with Crippen molar-refractivity contribution in [1.82, 2.24) is 15.1 Å². The van der Waals surface area contributed by atoms with Crippen LogP contribution in [0.15, 0.2) is 48.5 Å². The number of nitriles is 1. The number of aryl methyl sites for hydroxylation is 1. The van der Waals surface area contributed by atoms with E-state index in [9.17, 15) is 17.6 Å². The molecule has 0 aliphatic carbocycles. The lowest BCUT2D eigenvalue weighted by Crippen LogP contribution is -2.42. The number of halogens is 1. The summed E-state index contributed by atoms with van der Waals surface area (Å²) in [6.07, 6.45) is 0. The van der Waals surface area contributed by atoms with Gasteiger partial charge in [-0.1, -0.05) is 32.9 Å². The molecule has 0 aliphatic heterocycles. The first-order chi connectivity index (χ1) is 16.3. The maximum Gasteiger partial charge on any atom is 0.271 e. The summed E-state index contributed by atoms with van der Waals surface area (Å²) in [5, 5.41) is 16.3. The Morgan fingerprint density at radius 3 is 2.29 bits per heavy atom. The molecule has 0 spiro atoms. The van der Waals surface area contributed by atoms with Crippen molar-refractivity contribution in [3.63, 3.8) is 0 Å². The summed E-state index contributed by atoms with van der Waals surface area (Å²) >= 11 is 0. The molecule has 0 saturated heterocycles. The zero-order chi connectivity index (χ0) is 26.0. The molecule has 3 aromatic rings. The highest BCUT2D eigenvalue weighted by molar-refractivity contribution is 7.91. The molecule has 2 N–H and O–H groups in total. The van der Waals surface area contributed by atoms with Gasteiger partial charge in [0.25, 0.3) is 5.91 Å². The Kier molecular flexibility index (Phi) is 7.31. The lowest BCUT2D eigenvalue weighted by Gasteiger charge is -2.28. The Labute approximate surface area is 204 Å². The van der Waals surface area contributed by atoms with E-state index in [0.717, 1.165) is 0 Å². The fraction of sp³-hybridized carbons (Fsp3) is 0.320. The second-order valence-corrected chi connectivity index (χ2v) is 11.2. The Morgan fingerprint density at radius 2 is 1.74 bits per heavy atom. The van der Waals surface area contributed by atoms with Crippen LogP contribution in [0.2, 0.25) is 0 Å². The lowest BCUT2D eigenvalue weighted by atomic mass is 9.88. The van der Waals surface area contributed by atoms with Gasteiger partial charge < -0.3 is 5.32 Å². The molecule has 10 heteroatoms. The van der Waals surface area contributed by atoms with Crippen LogP contribution >= 0.6 is 0 Å². The molecule has 0 saturated carbocycles. The van der Waals surface area contributed by atoms with Gasteiger partial charge in [-0.05, 0) is 54.3 Å². The van der Waals surface area contributed by atoms with Crippen LogP contribution < -0.4 is 10.0 Å². The van der Waals surface area contributed by atoms with Crippen LogP contribution in [0.1, 0.15) is 49.3 Å². The first-order valence-electron chi connectivity index (χ1n) is 10.9. The number of hydrogen-bond donors (Lipinski definition) is 2. The predicted octanol–water partition coefficient (Wildman–Crippen LogP) is 4.20. The van der Waals surface area contributed by atoms with Crippen molar-refractivity contribution in [1.29, 1.82) is 5.26 Å². The topological polar surface area (TPSA) is 117 Å². The minimum Gasteiger partial charge on any atom is -0.348 e. The van der Waals surface area contributed by atoms with Crippen LogP contribution in [0.3, 0.4) is 0 Å². The SMILES string of the molecule is C[C@H](NC(=O)c1c(NS(=O)(=O)Cc2ccc(C#N)cc2)c(-c2ccc(F)cc2)nn1C)C(C)(C)C. The van der Waals surface area contributed by atoms with Crippen molar-refractivity contribution >= 4 is 21.6 Å². The summed E-state index contributed by atoms with van der Waals surface area (Å²) in [5.41, 5.74) is 1.33. The number of aromatic nitrogens is 2. The van der Waals surface area contributed by atoms with Gasteiger partial charge in [0, 0.05) is 18.7 Å². The molecule has 1 amide bonds. The zero-order valence-electron chi connectivity index (χ0n) is 20.3. The third-order valence-electron chi connectivity index (χ3n) is 5.72.